The molecule has 0 aromatic carbocycles. The summed E-state index contributed by atoms with van der Waals surface area (Å²) < 4.78 is 4.77. The summed E-state index contributed by atoms with van der Waals surface area (Å²) in [4.78, 5) is 14.6. The van der Waals surface area contributed by atoms with Crippen LogP contribution in [-0.4, -0.2) is 18.1 Å². The fourth-order valence-electron chi connectivity index (χ4n) is 2.40. The minimum Gasteiger partial charge on any atom is -0.469 e. The van der Waals surface area contributed by atoms with Gasteiger partial charge in [-0.25, -0.2) is 0 Å². The average Bonchev–Trinajstić information content (AvgIpc) is 2.82. The molecule has 0 radical (unpaired) electrons. The number of aromatic amines is 1. The fraction of sp³-hybridized carbons (Fsp3) is 0.583. The molecule has 0 bridgehead atoms. The van der Waals surface area contributed by atoms with Gasteiger partial charge in [-0.2, -0.15) is 0 Å². The summed E-state index contributed by atoms with van der Waals surface area (Å²) in [6, 6.07) is 4.16. The number of esters is 1. The maximum atomic E-state index is 11.3. The van der Waals surface area contributed by atoms with Crippen molar-refractivity contribution in [2.45, 2.75) is 31.6 Å². The van der Waals surface area contributed by atoms with Crippen LogP contribution in [0.25, 0.3) is 0 Å². The summed E-state index contributed by atoms with van der Waals surface area (Å²) in [5.74, 6) is 0.682. The van der Waals surface area contributed by atoms with Crippen LogP contribution in [-0.2, 0) is 9.53 Å². The first-order valence-corrected chi connectivity index (χ1v) is 5.52. The first kappa shape index (κ1) is 10.3. The second-order valence-corrected chi connectivity index (χ2v) is 4.20. The number of hydrogen-bond donors (Lipinski definition) is 1. The van der Waals surface area contributed by atoms with Crippen molar-refractivity contribution in [2.24, 2.45) is 5.92 Å². The molecular formula is C12H17NO2. The monoisotopic (exact) mass is 207 g/mol. The third-order valence-electron chi connectivity index (χ3n) is 3.32. The molecule has 1 aromatic heterocycles. The lowest BCUT2D eigenvalue weighted by atomic mass is 9.80. The van der Waals surface area contributed by atoms with Crippen molar-refractivity contribution >= 4 is 5.97 Å². The third-order valence-corrected chi connectivity index (χ3v) is 3.32. The summed E-state index contributed by atoms with van der Waals surface area (Å²) in [5, 5.41) is 0. The van der Waals surface area contributed by atoms with Gasteiger partial charge in [0.15, 0.2) is 0 Å². The number of nitrogens with one attached hydrogen (secondary N) is 1. The first-order valence-electron chi connectivity index (χ1n) is 5.52. The average molecular weight is 207 g/mol. The van der Waals surface area contributed by atoms with E-state index < -0.39 is 0 Å². The number of aromatic nitrogens is 1. The lowest BCUT2D eigenvalue weighted by Gasteiger charge is -2.26. The second-order valence-electron chi connectivity index (χ2n) is 4.20. The van der Waals surface area contributed by atoms with Crippen LogP contribution in [0, 0.1) is 5.92 Å². The van der Waals surface area contributed by atoms with E-state index in [4.69, 9.17) is 4.74 Å². The van der Waals surface area contributed by atoms with E-state index in [1.807, 2.05) is 12.3 Å². The molecular weight excluding hydrogens is 190 g/mol. The van der Waals surface area contributed by atoms with Gasteiger partial charge in [-0.15, -0.1) is 0 Å². The van der Waals surface area contributed by atoms with Crippen molar-refractivity contribution in [2.75, 3.05) is 7.11 Å². The Bertz CT molecular complexity index is 310. The van der Waals surface area contributed by atoms with Gasteiger partial charge in [0.05, 0.1) is 13.0 Å². The van der Waals surface area contributed by atoms with Gasteiger partial charge < -0.3 is 9.72 Å². The largest absolute Gasteiger partial charge is 0.469 e. The molecule has 0 spiro atoms. The predicted octanol–water partition coefficient (Wildman–Crippen LogP) is 2.46. The number of carbonyl (C=O) groups excluding carboxylic acids is 1. The Morgan fingerprint density at radius 1 is 1.40 bits per heavy atom. The molecule has 0 aliphatic heterocycles. The van der Waals surface area contributed by atoms with E-state index >= 15 is 0 Å². The first-order chi connectivity index (χ1) is 7.31. The summed E-state index contributed by atoms with van der Waals surface area (Å²) in [5.41, 5.74) is 1.30. The Hall–Kier alpha value is -1.25. The summed E-state index contributed by atoms with van der Waals surface area (Å²) in [6.07, 6.45) is 6.04. The van der Waals surface area contributed by atoms with Gasteiger partial charge in [0.1, 0.15) is 0 Å². The van der Waals surface area contributed by atoms with Crippen molar-refractivity contribution in [1.82, 2.24) is 4.98 Å². The van der Waals surface area contributed by atoms with Crippen LogP contribution in [0.2, 0.25) is 0 Å². The molecule has 0 unspecified atom stereocenters. The van der Waals surface area contributed by atoms with Crippen molar-refractivity contribution in [1.29, 1.82) is 0 Å². The van der Waals surface area contributed by atoms with Gasteiger partial charge in [0.25, 0.3) is 0 Å². The maximum absolute atomic E-state index is 11.3. The molecule has 82 valence electrons. The lowest BCUT2D eigenvalue weighted by molar-refractivity contribution is -0.146. The molecule has 0 atom stereocenters. The highest BCUT2D eigenvalue weighted by molar-refractivity contribution is 5.72. The smallest absolute Gasteiger partial charge is 0.308 e. The molecule has 1 aliphatic carbocycles. The number of H-pyrrole nitrogens is 1. The zero-order valence-electron chi connectivity index (χ0n) is 9.03. The molecule has 3 heteroatoms. The van der Waals surface area contributed by atoms with Crippen molar-refractivity contribution in [3.8, 4) is 0 Å². The zero-order chi connectivity index (χ0) is 10.7. The van der Waals surface area contributed by atoms with Gasteiger partial charge in [-0.3, -0.25) is 4.79 Å². The van der Waals surface area contributed by atoms with E-state index in [0.717, 1.165) is 25.7 Å². The topological polar surface area (TPSA) is 42.1 Å². The van der Waals surface area contributed by atoms with Crippen LogP contribution in [0.3, 0.4) is 0 Å². The van der Waals surface area contributed by atoms with Gasteiger partial charge in [0, 0.05) is 11.9 Å². The number of methoxy groups -OCH3 is 1. The van der Waals surface area contributed by atoms with Crippen LogP contribution in [0.5, 0.6) is 0 Å². The molecule has 1 aliphatic rings. The highest BCUT2D eigenvalue weighted by Gasteiger charge is 2.27. The normalized spacial score (nSPS) is 26.2. The third kappa shape index (κ3) is 2.22. The number of hydrogen-bond acceptors (Lipinski definition) is 2. The van der Waals surface area contributed by atoms with Crippen LogP contribution in [0.1, 0.15) is 37.3 Å². The highest BCUT2D eigenvalue weighted by Crippen LogP contribution is 2.35. The minimum atomic E-state index is -0.0417. The van der Waals surface area contributed by atoms with E-state index in [1.54, 1.807) is 0 Å². The number of ether oxygens (including phenoxy) is 1. The van der Waals surface area contributed by atoms with Gasteiger partial charge >= 0.3 is 5.97 Å². The number of rotatable bonds is 2. The molecule has 1 aromatic rings. The number of carbonyl (C=O) groups is 1. The van der Waals surface area contributed by atoms with E-state index in [0.29, 0.717) is 5.92 Å². The van der Waals surface area contributed by atoms with Crippen LogP contribution in [0.15, 0.2) is 18.3 Å². The molecule has 3 nitrogen and oxygen atoms in total. The Balaban J connectivity index is 1.90. The Morgan fingerprint density at radius 2 is 2.13 bits per heavy atom. The fourth-order valence-corrected chi connectivity index (χ4v) is 2.40. The van der Waals surface area contributed by atoms with Crippen molar-refractivity contribution in [3.05, 3.63) is 24.0 Å². The SMILES string of the molecule is COC(=O)C1CCC(c2ccc[nH]2)CC1. The van der Waals surface area contributed by atoms with E-state index in [-0.39, 0.29) is 11.9 Å². The van der Waals surface area contributed by atoms with Crippen molar-refractivity contribution in [3.63, 3.8) is 0 Å². The van der Waals surface area contributed by atoms with Crippen molar-refractivity contribution < 1.29 is 9.53 Å². The lowest BCUT2D eigenvalue weighted by Crippen LogP contribution is -2.22. The van der Waals surface area contributed by atoms with E-state index in [2.05, 4.69) is 11.1 Å². The molecule has 1 fully saturated rings. The zero-order valence-corrected chi connectivity index (χ0v) is 9.03. The molecule has 2 rings (SSSR count). The van der Waals surface area contributed by atoms with E-state index in [1.165, 1.54) is 12.8 Å². The predicted molar refractivity (Wildman–Crippen MR) is 57.5 cm³/mol. The van der Waals surface area contributed by atoms with Crippen LogP contribution in [0.4, 0.5) is 0 Å². The Kier molecular flexibility index (Phi) is 3.09. The second kappa shape index (κ2) is 4.51. The highest BCUT2D eigenvalue weighted by atomic mass is 16.5. The maximum Gasteiger partial charge on any atom is 0.308 e. The molecule has 1 N–H and O–H groups in total. The van der Waals surface area contributed by atoms with Gasteiger partial charge in [0.2, 0.25) is 0 Å². The molecule has 15 heavy (non-hydrogen) atoms. The van der Waals surface area contributed by atoms with Gasteiger partial charge in [-0.1, -0.05) is 0 Å². The standard InChI is InChI=1S/C12H17NO2/c1-15-12(14)10-6-4-9(5-7-10)11-3-2-8-13-11/h2-3,8-10,13H,4-7H2,1H3. The molecule has 1 heterocycles. The molecule has 1 saturated carbocycles. The minimum absolute atomic E-state index is 0.0417. The molecule has 0 saturated heterocycles. The molecule has 0 amide bonds. The summed E-state index contributed by atoms with van der Waals surface area (Å²) in [6.45, 7) is 0. The summed E-state index contributed by atoms with van der Waals surface area (Å²) >= 11 is 0. The van der Waals surface area contributed by atoms with Crippen LogP contribution >= 0.6 is 0 Å². The van der Waals surface area contributed by atoms with Gasteiger partial charge in [-0.05, 0) is 43.7 Å². The summed E-state index contributed by atoms with van der Waals surface area (Å²) in [7, 11) is 1.47. The Morgan fingerprint density at radius 3 is 2.67 bits per heavy atom. The Labute approximate surface area is 89.8 Å². The van der Waals surface area contributed by atoms with E-state index in [9.17, 15) is 4.79 Å². The quantitative estimate of drug-likeness (QED) is 0.757. The van der Waals surface area contributed by atoms with Crippen LogP contribution < -0.4 is 0 Å².